The van der Waals surface area contributed by atoms with Crippen molar-refractivity contribution in [2.24, 2.45) is 5.92 Å². The highest BCUT2D eigenvalue weighted by Crippen LogP contribution is 2.37. The van der Waals surface area contributed by atoms with Gasteiger partial charge in [-0.1, -0.05) is 12.1 Å². The molecule has 1 unspecified atom stereocenters. The predicted molar refractivity (Wildman–Crippen MR) is 110 cm³/mol. The van der Waals surface area contributed by atoms with Crippen LogP contribution in [0.1, 0.15) is 47.1 Å². The lowest BCUT2D eigenvalue weighted by molar-refractivity contribution is -0.117. The Kier molecular flexibility index (Phi) is 4.36. The van der Waals surface area contributed by atoms with E-state index in [9.17, 15) is 9.59 Å². The molecule has 1 aromatic heterocycles. The maximum absolute atomic E-state index is 13.1. The Bertz CT molecular complexity index is 1010. The first kappa shape index (κ1) is 17.4. The number of carbonyl (C=O) groups excluding carboxylic acids is 2. The van der Waals surface area contributed by atoms with Crippen molar-refractivity contribution in [3.8, 4) is 0 Å². The maximum atomic E-state index is 13.1. The van der Waals surface area contributed by atoms with Gasteiger partial charge in [0.15, 0.2) is 0 Å². The third-order valence-electron chi connectivity index (χ3n) is 5.46. The molecule has 6 heteroatoms. The number of rotatable bonds is 4. The lowest BCUT2D eigenvalue weighted by Crippen LogP contribution is -2.30. The van der Waals surface area contributed by atoms with Gasteiger partial charge in [0.25, 0.3) is 5.91 Å². The second-order valence-corrected chi connectivity index (χ2v) is 8.58. The smallest absolute Gasteiger partial charge is 0.254 e. The zero-order valence-corrected chi connectivity index (χ0v) is 16.2. The minimum atomic E-state index is 0.0295. The van der Waals surface area contributed by atoms with Crippen molar-refractivity contribution in [3.05, 3.63) is 59.1 Å². The van der Waals surface area contributed by atoms with Crippen LogP contribution in [0.2, 0.25) is 0 Å². The molecule has 1 atom stereocenters. The third-order valence-corrected chi connectivity index (χ3v) is 6.59. The van der Waals surface area contributed by atoms with Crippen molar-refractivity contribution in [1.29, 1.82) is 0 Å². The number of hydrogen-bond acceptors (Lipinski definition) is 4. The van der Waals surface area contributed by atoms with E-state index < -0.39 is 0 Å². The van der Waals surface area contributed by atoms with Crippen LogP contribution in [0.5, 0.6) is 0 Å². The molecule has 1 aliphatic carbocycles. The zero-order chi connectivity index (χ0) is 19.1. The molecule has 2 heterocycles. The number of nitrogens with one attached hydrogen (secondary N) is 1. The van der Waals surface area contributed by atoms with Crippen LogP contribution >= 0.6 is 11.3 Å². The number of amides is 2. The summed E-state index contributed by atoms with van der Waals surface area (Å²) in [5.74, 6) is 0.275. The highest BCUT2D eigenvalue weighted by Gasteiger charge is 2.33. The van der Waals surface area contributed by atoms with Crippen LogP contribution in [0.25, 0.3) is 10.2 Å². The van der Waals surface area contributed by atoms with Crippen molar-refractivity contribution in [3.63, 3.8) is 0 Å². The van der Waals surface area contributed by atoms with E-state index in [0.717, 1.165) is 53.1 Å². The van der Waals surface area contributed by atoms with E-state index in [1.165, 1.54) is 0 Å². The quantitative estimate of drug-likeness (QED) is 0.706. The minimum Gasteiger partial charge on any atom is -0.329 e. The number of hydrogen-bond donors (Lipinski definition) is 1. The van der Waals surface area contributed by atoms with Gasteiger partial charge in [-0.25, -0.2) is 4.98 Å². The topological polar surface area (TPSA) is 62.3 Å². The number of nitrogens with zero attached hydrogens (tertiary/aromatic N) is 2. The lowest BCUT2D eigenvalue weighted by Gasteiger charge is -2.23. The molecule has 5 rings (SSSR count). The normalized spacial score (nSPS) is 19.1. The van der Waals surface area contributed by atoms with Gasteiger partial charge in [-0.15, -0.1) is 11.3 Å². The number of fused-ring (bicyclic) bond motifs is 1. The first-order valence-electron chi connectivity index (χ1n) is 9.76. The number of carbonyl (C=O) groups is 2. The Hall–Kier alpha value is -2.73. The number of thiazole rings is 1. The summed E-state index contributed by atoms with van der Waals surface area (Å²) in [6, 6.07) is 15.4. The molecule has 0 spiro atoms. The number of likely N-dealkylation sites (tertiary alicyclic amines) is 1. The average molecular weight is 391 g/mol. The van der Waals surface area contributed by atoms with Crippen molar-refractivity contribution in [1.82, 2.24) is 9.88 Å². The Balaban J connectivity index is 1.34. The van der Waals surface area contributed by atoms with Gasteiger partial charge in [-0.05, 0) is 62.1 Å². The molecule has 2 fully saturated rings. The van der Waals surface area contributed by atoms with Crippen LogP contribution in [0.4, 0.5) is 5.69 Å². The fourth-order valence-corrected chi connectivity index (χ4v) is 4.87. The van der Waals surface area contributed by atoms with E-state index in [0.29, 0.717) is 5.56 Å². The summed E-state index contributed by atoms with van der Waals surface area (Å²) < 4.78 is 1.16. The van der Waals surface area contributed by atoms with Gasteiger partial charge >= 0.3 is 0 Å². The Labute approximate surface area is 167 Å². The first-order valence-corrected chi connectivity index (χ1v) is 10.6. The maximum Gasteiger partial charge on any atom is 0.254 e. The van der Waals surface area contributed by atoms with E-state index in [1.807, 2.05) is 35.2 Å². The van der Waals surface area contributed by atoms with E-state index >= 15 is 0 Å². The molecular weight excluding hydrogens is 370 g/mol. The summed E-state index contributed by atoms with van der Waals surface area (Å²) in [7, 11) is 0. The van der Waals surface area contributed by atoms with Crippen molar-refractivity contribution in [2.45, 2.75) is 31.7 Å². The molecule has 142 valence electrons. The fraction of sp³-hybridized carbons (Fsp3) is 0.318. The SMILES string of the molecule is O=C(Nc1ccc(C(=O)N2CCCC2c2nc3ccccc3s2)cc1)C1CC1. The van der Waals surface area contributed by atoms with Crippen molar-refractivity contribution < 1.29 is 9.59 Å². The zero-order valence-electron chi connectivity index (χ0n) is 15.4. The van der Waals surface area contributed by atoms with Gasteiger partial charge in [-0.2, -0.15) is 0 Å². The van der Waals surface area contributed by atoms with Gasteiger partial charge in [0.1, 0.15) is 5.01 Å². The van der Waals surface area contributed by atoms with Gasteiger partial charge in [0.05, 0.1) is 16.3 Å². The van der Waals surface area contributed by atoms with Crippen LogP contribution in [0.3, 0.4) is 0 Å². The molecule has 0 bridgehead atoms. The molecule has 2 aromatic carbocycles. The fourth-order valence-electron chi connectivity index (χ4n) is 3.75. The van der Waals surface area contributed by atoms with E-state index in [1.54, 1.807) is 23.5 Å². The number of para-hydroxylation sites is 1. The second-order valence-electron chi connectivity index (χ2n) is 7.52. The van der Waals surface area contributed by atoms with Crippen LogP contribution < -0.4 is 5.32 Å². The number of benzene rings is 2. The monoisotopic (exact) mass is 391 g/mol. The summed E-state index contributed by atoms with van der Waals surface area (Å²) in [5.41, 5.74) is 2.40. The van der Waals surface area contributed by atoms with Crippen molar-refractivity contribution >= 4 is 39.1 Å². The summed E-state index contributed by atoms with van der Waals surface area (Å²) in [5, 5.41) is 3.93. The molecular formula is C22H21N3O2S. The Morgan fingerprint density at radius 1 is 1.04 bits per heavy atom. The lowest BCUT2D eigenvalue weighted by atomic mass is 10.1. The molecule has 3 aromatic rings. The Morgan fingerprint density at radius 3 is 2.57 bits per heavy atom. The molecule has 1 aliphatic heterocycles. The van der Waals surface area contributed by atoms with Gasteiger partial charge in [0, 0.05) is 23.7 Å². The molecule has 2 amide bonds. The molecule has 28 heavy (non-hydrogen) atoms. The summed E-state index contributed by atoms with van der Waals surface area (Å²) in [6.07, 6.45) is 3.89. The molecule has 2 aliphatic rings. The van der Waals surface area contributed by atoms with Gasteiger partial charge in [-0.3, -0.25) is 9.59 Å². The molecule has 5 nitrogen and oxygen atoms in total. The van der Waals surface area contributed by atoms with Gasteiger partial charge in [0.2, 0.25) is 5.91 Å². The Morgan fingerprint density at radius 2 is 1.82 bits per heavy atom. The van der Waals surface area contributed by atoms with Crippen molar-refractivity contribution in [2.75, 3.05) is 11.9 Å². The van der Waals surface area contributed by atoms with E-state index in [4.69, 9.17) is 4.98 Å². The third kappa shape index (κ3) is 3.29. The number of anilines is 1. The number of aromatic nitrogens is 1. The van der Waals surface area contributed by atoms with Crippen LogP contribution in [-0.2, 0) is 4.79 Å². The summed E-state index contributed by atoms with van der Waals surface area (Å²) in [4.78, 5) is 31.7. The standard InChI is InChI=1S/C22H21N3O2S/c26-20(14-7-8-14)23-16-11-9-15(10-12-16)22(27)25-13-3-5-18(25)21-24-17-4-1-2-6-19(17)28-21/h1-2,4,6,9-12,14,18H,3,5,7-8,13H2,(H,23,26). The van der Waals surface area contributed by atoms with Crippen LogP contribution in [-0.4, -0.2) is 28.2 Å². The summed E-state index contributed by atoms with van der Waals surface area (Å²) in [6.45, 7) is 0.750. The highest BCUT2D eigenvalue weighted by molar-refractivity contribution is 7.18. The molecule has 1 saturated heterocycles. The van der Waals surface area contributed by atoms with Crippen LogP contribution in [0, 0.1) is 5.92 Å². The largest absolute Gasteiger partial charge is 0.329 e. The summed E-state index contributed by atoms with van der Waals surface area (Å²) >= 11 is 1.68. The molecule has 1 saturated carbocycles. The van der Waals surface area contributed by atoms with E-state index in [-0.39, 0.29) is 23.8 Å². The van der Waals surface area contributed by atoms with Crippen LogP contribution in [0.15, 0.2) is 48.5 Å². The van der Waals surface area contributed by atoms with E-state index in [2.05, 4.69) is 11.4 Å². The molecule has 0 radical (unpaired) electrons. The minimum absolute atomic E-state index is 0.0295. The molecule has 1 N–H and O–H groups in total. The second kappa shape index (κ2) is 7.02. The van der Waals surface area contributed by atoms with Gasteiger partial charge < -0.3 is 10.2 Å². The first-order chi connectivity index (χ1) is 13.7. The predicted octanol–water partition coefficient (Wildman–Crippen LogP) is 4.62. The average Bonchev–Trinajstić information content (AvgIpc) is 3.30. The highest BCUT2D eigenvalue weighted by atomic mass is 32.1.